The minimum absolute atomic E-state index is 0.0104. The Morgan fingerprint density at radius 1 is 0.892 bits per heavy atom. The zero-order valence-corrected chi connectivity index (χ0v) is 21.3. The number of aromatic nitrogens is 1. The van der Waals surface area contributed by atoms with Gasteiger partial charge in [0.15, 0.2) is 9.84 Å². The van der Waals surface area contributed by atoms with Crippen LogP contribution in [-0.4, -0.2) is 30.8 Å². The molecule has 4 aromatic rings. The van der Waals surface area contributed by atoms with E-state index in [1.165, 1.54) is 36.4 Å². The normalized spacial score (nSPS) is 11.2. The molecule has 4 rings (SSSR count). The van der Waals surface area contributed by atoms with E-state index < -0.39 is 27.3 Å². The maximum absolute atomic E-state index is 13.4. The van der Waals surface area contributed by atoms with Crippen molar-refractivity contribution in [2.75, 3.05) is 11.1 Å². The highest BCUT2D eigenvalue weighted by Crippen LogP contribution is 2.28. The molecular weight excluding hydrogens is 515 g/mol. The van der Waals surface area contributed by atoms with Crippen LogP contribution < -0.4 is 5.32 Å². The molecule has 37 heavy (non-hydrogen) atoms. The smallest absolute Gasteiger partial charge is 0.229 e. The van der Waals surface area contributed by atoms with Gasteiger partial charge in [-0.3, -0.25) is 9.59 Å². The molecule has 1 amide bonds. The molecule has 1 N–H and O–H groups in total. The largest absolute Gasteiger partial charge is 0.310 e. The number of anilines is 1. The Balaban J connectivity index is 1.60. The van der Waals surface area contributed by atoms with Crippen LogP contribution in [0.3, 0.4) is 0 Å². The molecule has 0 fully saturated rings. The van der Waals surface area contributed by atoms with E-state index in [-0.39, 0.29) is 34.1 Å². The van der Waals surface area contributed by atoms with Gasteiger partial charge in [0, 0.05) is 16.1 Å². The van der Waals surface area contributed by atoms with Crippen molar-refractivity contribution in [2.24, 2.45) is 0 Å². The third kappa shape index (κ3) is 6.28. The Morgan fingerprint density at radius 2 is 1.54 bits per heavy atom. The van der Waals surface area contributed by atoms with Crippen molar-refractivity contribution < 1.29 is 22.4 Å². The second-order valence-corrected chi connectivity index (χ2v) is 10.9. The fourth-order valence-corrected chi connectivity index (χ4v) is 4.67. The number of halogens is 2. The maximum atomic E-state index is 13.4. The lowest BCUT2D eigenvalue weighted by molar-refractivity contribution is -0.115. The predicted octanol–water partition coefficient (Wildman–Crippen LogP) is 5.75. The molecule has 0 radical (unpaired) electrons. The van der Waals surface area contributed by atoms with E-state index >= 15 is 0 Å². The number of benzene rings is 3. The van der Waals surface area contributed by atoms with E-state index in [4.69, 9.17) is 11.6 Å². The lowest BCUT2D eigenvalue weighted by atomic mass is 9.98. The van der Waals surface area contributed by atoms with Crippen molar-refractivity contribution >= 4 is 38.9 Å². The minimum atomic E-state index is -3.33. The summed E-state index contributed by atoms with van der Waals surface area (Å²) in [6, 6.07) is 21.4. The number of hydrogen-bond acceptors (Lipinski definition) is 5. The molecule has 1 heterocycles. The lowest BCUT2D eigenvalue weighted by Crippen LogP contribution is -2.17. The van der Waals surface area contributed by atoms with Gasteiger partial charge in [-0.25, -0.2) is 17.8 Å². The summed E-state index contributed by atoms with van der Waals surface area (Å²) in [6.45, 7) is 1.57. The first-order valence-electron chi connectivity index (χ1n) is 11.3. The van der Waals surface area contributed by atoms with Crippen molar-refractivity contribution in [3.63, 3.8) is 0 Å². The third-order valence-electron chi connectivity index (χ3n) is 5.67. The number of carbonyl (C=O) groups is 2. The Kier molecular flexibility index (Phi) is 7.80. The number of hydrogen-bond donors (Lipinski definition) is 1. The zero-order valence-electron chi connectivity index (χ0n) is 19.7. The van der Waals surface area contributed by atoms with Gasteiger partial charge < -0.3 is 5.32 Å². The van der Waals surface area contributed by atoms with E-state index in [2.05, 4.69) is 10.3 Å². The van der Waals surface area contributed by atoms with Crippen molar-refractivity contribution in [3.8, 4) is 11.1 Å². The molecule has 0 aliphatic carbocycles. The Bertz CT molecular complexity index is 1550. The summed E-state index contributed by atoms with van der Waals surface area (Å²) in [7, 11) is -3.33. The molecule has 0 bridgehead atoms. The highest BCUT2D eigenvalue weighted by molar-refractivity contribution is 7.91. The summed E-state index contributed by atoms with van der Waals surface area (Å²) in [5, 5.41) is 3.22. The number of sulfone groups is 1. The molecule has 0 unspecified atom stereocenters. The van der Waals surface area contributed by atoms with Gasteiger partial charge in [0.2, 0.25) is 11.7 Å². The molecule has 0 aliphatic rings. The number of nitrogens with zero attached hydrogens (tertiary/aromatic N) is 1. The van der Waals surface area contributed by atoms with Crippen molar-refractivity contribution in [3.05, 3.63) is 113 Å². The molecule has 0 atom stereocenters. The van der Waals surface area contributed by atoms with Crippen LogP contribution in [0.2, 0.25) is 5.02 Å². The molecular formula is C28H22ClFN2O4S. The van der Waals surface area contributed by atoms with Gasteiger partial charge in [-0.15, -0.1) is 0 Å². The predicted molar refractivity (Wildman–Crippen MR) is 141 cm³/mol. The van der Waals surface area contributed by atoms with Gasteiger partial charge >= 0.3 is 0 Å². The molecule has 0 saturated carbocycles. The van der Waals surface area contributed by atoms with Gasteiger partial charge in [-0.05, 0) is 71.8 Å². The summed E-state index contributed by atoms with van der Waals surface area (Å²) < 4.78 is 37.4. The van der Waals surface area contributed by atoms with Crippen LogP contribution in [0.1, 0.15) is 28.5 Å². The molecule has 3 aromatic carbocycles. The van der Waals surface area contributed by atoms with Gasteiger partial charge in [0.1, 0.15) is 17.3 Å². The first-order chi connectivity index (χ1) is 17.7. The topological polar surface area (TPSA) is 93.2 Å². The van der Waals surface area contributed by atoms with Crippen molar-refractivity contribution in [1.29, 1.82) is 0 Å². The third-order valence-corrected chi connectivity index (χ3v) is 7.67. The quantitative estimate of drug-likeness (QED) is 0.290. The standard InChI is InChI=1S/C28H22ClFN2O4S/c1-2-37(35,36)23-13-3-18(4-14-23)17-26(33)31-25-16-15-24(19-5-9-21(29)10-6-19)27(32-25)28(34)20-7-11-22(30)12-8-20/h3-16H,2,17H2,1H3,(H,31,32,33). The van der Waals surface area contributed by atoms with E-state index in [0.717, 1.165) is 0 Å². The molecule has 0 aliphatic heterocycles. The number of pyridine rings is 1. The number of carbonyl (C=O) groups excluding carboxylic acids is 2. The second kappa shape index (κ2) is 11.0. The van der Waals surface area contributed by atoms with Crippen LogP contribution in [0.25, 0.3) is 11.1 Å². The van der Waals surface area contributed by atoms with Crippen LogP contribution in [0, 0.1) is 5.82 Å². The van der Waals surface area contributed by atoms with E-state index in [0.29, 0.717) is 21.7 Å². The van der Waals surface area contributed by atoms with Crippen LogP contribution in [0.15, 0.2) is 89.8 Å². The summed E-state index contributed by atoms with van der Waals surface area (Å²) in [6.07, 6.45) is -0.0195. The number of amides is 1. The molecule has 0 saturated heterocycles. The number of rotatable bonds is 8. The Labute approximate surface area is 219 Å². The number of ketones is 1. The SMILES string of the molecule is CCS(=O)(=O)c1ccc(CC(=O)Nc2ccc(-c3ccc(Cl)cc3)c(C(=O)c3ccc(F)cc3)n2)cc1. The van der Waals surface area contributed by atoms with Crippen LogP contribution in [0.5, 0.6) is 0 Å². The van der Waals surface area contributed by atoms with Gasteiger partial charge in [0.25, 0.3) is 0 Å². The minimum Gasteiger partial charge on any atom is -0.310 e. The Hall–Kier alpha value is -3.88. The molecule has 6 nitrogen and oxygen atoms in total. The Morgan fingerprint density at radius 3 is 2.16 bits per heavy atom. The molecule has 188 valence electrons. The molecule has 1 aromatic heterocycles. The second-order valence-electron chi connectivity index (χ2n) is 8.21. The van der Waals surface area contributed by atoms with E-state index in [1.54, 1.807) is 55.5 Å². The fourth-order valence-electron chi connectivity index (χ4n) is 3.66. The van der Waals surface area contributed by atoms with Crippen molar-refractivity contribution in [2.45, 2.75) is 18.2 Å². The summed E-state index contributed by atoms with van der Waals surface area (Å²) in [5.41, 5.74) is 2.17. The summed E-state index contributed by atoms with van der Waals surface area (Å²) in [4.78, 5) is 30.6. The van der Waals surface area contributed by atoms with Gasteiger partial charge in [-0.1, -0.05) is 42.8 Å². The molecule has 9 heteroatoms. The lowest BCUT2D eigenvalue weighted by Gasteiger charge is -2.12. The fraction of sp³-hybridized carbons (Fsp3) is 0.107. The first-order valence-corrected chi connectivity index (χ1v) is 13.4. The first kappa shape index (κ1) is 26.2. The van der Waals surface area contributed by atoms with E-state index in [9.17, 15) is 22.4 Å². The number of nitrogens with one attached hydrogen (secondary N) is 1. The van der Waals surface area contributed by atoms with Crippen LogP contribution >= 0.6 is 11.6 Å². The van der Waals surface area contributed by atoms with Crippen molar-refractivity contribution in [1.82, 2.24) is 4.98 Å². The van der Waals surface area contributed by atoms with Gasteiger partial charge in [-0.2, -0.15) is 0 Å². The van der Waals surface area contributed by atoms with Gasteiger partial charge in [0.05, 0.1) is 17.1 Å². The highest BCUT2D eigenvalue weighted by Gasteiger charge is 2.19. The highest BCUT2D eigenvalue weighted by atomic mass is 35.5. The van der Waals surface area contributed by atoms with Crippen LogP contribution in [-0.2, 0) is 21.1 Å². The van der Waals surface area contributed by atoms with E-state index in [1.807, 2.05) is 0 Å². The maximum Gasteiger partial charge on any atom is 0.229 e. The summed E-state index contributed by atoms with van der Waals surface area (Å²) in [5.74, 6) is -1.14. The average Bonchev–Trinajstić information content (AvgIpc) is 2.89. The zero-order chi connectivity index (χ0) is 26.6. The summed E-state index contributed by atoms with van der Waals surface area (Å²) >= 11 is 6.00. The average molecular weight is 537 g/mol. The molecule has 0 spiro atoms. The monoisotopic (exact) mass is 536 g/mol. The van der Waals surface area contributed by atoms with Crippen LogP contribution in [0.4, 0.5) is 10.2 Å².